The molecule has 17 heavy (non-hydrogen) atoms. The third-order valence-electron chi connectivity index (χ3n) is 0.892. The van der Waals surface area contributed by atoms with Crippen LogP contribution in [-0.2, 0) is 24.3 Å². The summed E-state index contributed by atoms with van der Waals surface area (Å²) in [6.07, 6.45) is 1.78. The monoisotopic (exact) mass is 473 g/mol. The van der Waals surface area contributed by atoms with Crippen LogP contribution in [-0.4, -0.2) is 19.7 Å². The first-order chi connectivity index (χ1) is 7.40. The maximum atomic E-state index is 9.88. The van der Waals surface area contributed by atoms with Crippen molar-refractivity contribution in [2.45, 2.75) is 0 Å². The van der Waals surface area contributed by atoms with Gasteiger partial charge >= 0.3 is 32.9 Å². The van der Waals surface area contributed by atoms with Gasteiger partial charge in [0.2, 0.25) is 0 Å². The van der Waals surface area contributed by atoms with Crippen LogP contribution in [0.2, 0.25) is 0 Å². The van der Waals surface area contributed by atoms with Crippen LogP contribution in [0.4, 0.5) is 0 Å². The van der Waals surface area contributed by atoms with Gasteiger partial charge in [0, 0.05) is 0 Å². The van der Waals surface area contributed by atoms with E-state index in [4.69, 9.17) is 66.5 Å². The molecule has 0 atom stereocenters. The van der Waals surface area contributed by atoms with Crippen LogP contribution in [0.15, 0.2) is 30.3 Å². The van der Waals surface area contributed by atoms with Crippen molar-refractivity contribution in [3.63, 3.8) is 0 Å². The summed E-state index contributed by atoms with van der Waals surface area (Å²) in [5.74, 6) is 0. The van der Waals surface area contributed by atoms with Crippen molar-refractivity contribution >= 4 is 86.2 Å². The average molecular weight is 475 g/mol. The molecule has 0 spiro atoms. The zero-order chi connectivity index (χ0) is 13.0. The van der Waals surface area contributed by atoms with Crippen LogP contribution in [0.5, 0.6) is 0 Å². The Morgan fingerprint density at radius 1 is 0.824 bits per heavy atom. The number of halogens is 6. The predicted molar refractivity (Wildman–Crippen MR) is 77.9 cm³/mol. The molecule has 1 nitrogen and oxygen atoms in total. The quantitative estimate of drug-likeness (QED) is 0.332. The fourth-order valence-corrected chi connectivity index (χ4v) is 0.506. The normalized spacial score (nSPS) is 8.24. The summed E-state index contributed by atoms with van der Waals surface area (Å²) < 4.78 is 0. The Balaban J connectivity index is -0.000000189. The van der Waals surface area contributed by atoms with Gasteiger partial charge in [0.1, 0.15) is 0 Å². The molecule has 0 heterocycles. The molecule has 0 amide bonds. The van der Waals surface area contributed by atoms with Gasteiger partial charge in [-0.3, -0.25) is 0 Å². The molecule has 0 aliphatic rings. The molecule has 0 saturated heterocycles. The molecular formula is C7H5Cl6ORuSi2. The van der Waals surface area contributed by atoms with E-state index in [0.29, 0.717) is 5.56 Å². The number of carbonyl (C=O) groups excluding carboxylic acids is 1. The summed E-state index contributed by atoms with van der Waals surface area (Å²) in [6, 6.07) is 8.90. The fourth-order valence-electron chi connectivity index (χ4n) is 0.506. The van der Waals surface area contributed by atoms with E-state index < -0.39 is 13.5 Å². The standard InChI is InChI=1S/C7H5O.2Cl3Si.Ru/c8-6-7-4-2-1-3-5-7;2*1-4(2)3;/h1-5H;;;/q-1;;;+1. The minimum Gasteiger partial charge on any atom is -0.376 e. The smallest absolute Gasteiger partial charge is 0.376 e. The zero-order valence-corrected chi connectivity index (χ0v) is 16.2. The Bertz CT molecular complexity index is 252. The third kappa shape index (κ3) is 31.9. The summed E-state index contributed by atoms with van der Waals surface area (Å²) in [4.78, 5) is 9.88. The molecule has 0 aromatic heterocycles. The number of hydrogen-bond donors (Lipinski definition) is 0. The van der Waals surface area contributed by atoms with Crippen LogP contribution >= 0.6 is 66.5 Å². The van der Waals surface area contributed by atoms with Crippen molar-refractivity contribution in [3.05, 3.63) is 35.9 Å². The average Bonchev–Trinajstić information content (AvgIpc) is 2.17. The van der Waals surface area contributed by atoms with E-state index in [2.05, 4.69) is 0 Å². The maximum absolute atomic E-state index is 9.88. The molecule has 1 aromatic carbocycles. The summed E-state index contributed by atoms with van der Waals surface area (Å²) >= 11 is 29.4. The van der Waals surface area contributed by atoms with Crippen LogP contribution in [0.25, 0.3) is 0 Å². The van der Waals surface area contributed by atoms with Crippen LogP contribution < -0.4 is 0 Å². The van der Waals surface area contributed by atoms with E-state index in [1.54, 1.807) is 30.6 Å². The second-order valence-electron chi connectivity index (χ2n) is 1.90. The number of rotatable bonds is 1. The maximum Gasteiger partial charge on any atom is 1.00 e. The molecule has 1 aromatic rings. The van der Waals surface area contributed by atoms with E-state index >= 15 is 0 Å². The Labute approximate surface area is 145 Å². The third-order valence-corrected chi connectivity index (χ3v) is 0.892. The van der Waals surface area contributed by atoms with Crippen LogP contribution in [0, 0.1) is 0 Å². The summed E-state index contributed by atoms with van der Waals surface area (Å²) in [5, 5.41) is 0. The molecule has 0 bridgehead atoms. The van der Waals surface area contributed by atoms with E-state index in [-0.39, 0.29) is 19.5 Å². The van der Waals surface area contributed by atoms with Crippen molar-refractivity contribution < 1.29 is 24.3 Å². The Hall–Kier alpha value is 1.69. The van der Waals surface area contributed by atoms with E-state index in [0.717, 1.165) is 0 Å². The van der Waals surface area contributed by atoms with Gasteiger partial charge in [-0.2, -0.15) is 17.7 Å². The molecule has 0 aliphatic heterocycles. The molecule has 1 rings (SSSR count). The van der Waals surface area contributed by atoms with Crippen LogP contribution in [0.3, 0.4) is 0 Å². The van der Waals surface area contributed by atoms with Crippen molar-refractivity contribution in [3.8, 4) is 0 Å². The topological polar surface area (TPSA) is 17.1 Å². The van der Waals surface area contributed by atoms with Crippen molar-refractivity contribution in [2.75, 3.05) is 0 Å². The molecule has 0 fully saturated rings. The van der Waals surface area contributed by atoms with Gasteiger partial charge in [-0.1, -0.05) is 6.07 Å². The Morgan fingerprint density at radius 3 is 1.29 bits per heavy atom. The van der Waals surface area contributed by atoms with Gasteiger partial charge in [-0.25, -0.2) is 0 Å². The van der Waals surface area contributed by atoms with Crippen molar-refractivity contribution in [2.24, 2.45) is 0 Å². The first-order valence-corrected chi connectivity index (χ1v) is 12.6. The molecule has 10 heteroatoms. The molecule has 97 valence electrons. The largest absolute Gasteiger partial charge is 1.00 e. The van der Waals surface area contributed by atoms with Gasteiger partial charge in [-0.05, 0) is 0 Å². The summed E-state index contributed by atoms with van der Waals surface area (Å²) in [5.41, 5.74) is 0.604. The summed E-state index contributed by atoms with van der Waals surface area (Å²) in [6.45, 7) is -2.93. The van der Waals surface area contributed by atoms with Gasteiger partial charge in [0.05, 0.1) is 6.29 Å². The molecule has 0 aliphatic carbocycles. The number of benzene rings is 1. The molecular weight excluding hydrogens is 470 g/mol. The van der Waals surface area contributed by atoms with Gasteiger partial charge in [0.25, 0.3) is 0 Å². The van der Waals surface area contributed by atoms with Gasteiger partial charge < -0.3 is 4.79 Å². The fraction of sp³-hybridized carbons (Fsp3) is 0. The van der Waals surface area contributed by atoms with Gasteiger partial charge in [-0.15, -0.1) is 78.6 Å². The van der Waals surface area contributed by atoms with Crippen molar-refractivity contribution in [1.82, 2.24) is 0 Å². The Kier molecular flexibility index (Phi) is 24.7. The minimum absolute atomic E-state index is 0. The van der Waals surface area contributed by atoms with Crippen molar-refractivity contribution in [1.29, 1.82) is 0 Å². The zero-order valence-electron chi connectivity index (χ0n) is 7.92. The number of hydrogen-bond acceptors (Lipinski definition) is 1. The van der Waals surface area contributed by atoms with Crippen LogP contribution in [0.1, 0.15) is 5.56 Å². The second kappa shape index (κ2) is 17.7. The SMILES string of the molecule is Cl[Si](Cl)Cl.Cl[Si](Cl)Cl.O=[C-]c1ccccc1.[Ru+]. The van der Waals surface area contributed by atoms with E-state index in [1.165, 1.54) is 0 Å². The first kappa shape index (κ1) is 23.8. The molecule has 3 radical (unpaired) electrons. The van der Waals surface area contributed by atoms with Gasteiger partial charge in [0.15, 0.2) is 0 Å². The summed E-state index contributed by atoms with van der Waals surface area (Å²) in [7, 11) is 0. The van der Waals surface area contributed by atoms with E-state index in [9.17, 15) is 4.79 Å². The Morgan fingerprint density at radius 2 is 1.12 bits per heavy atom. The van der Waals surface area contributed by atoms with E-state index in [1.807, 2.05) is 6.07 Å². The minimum atomic E-state index is -1.46. The molecule has 0 unspecified atom stereocenters. The predicted octanol–water partition coefficient (Wildman–Crippen LogP) is 4.52. The first-order valence-electron chi connectivity index (χ1n) is 3.50. The second-order valence-corrected chi connectivity index (χ2v) is 13.0. The molecule has 0 N–H and O–H groups in total. The molecule has 0 saturated carbocycles.